The minimum absolute atomic E-state index is 0.0660. The molecule has 0 bridgehead atoms. The molecule has 0 saturated carbocycles. The minimum Gasteiger partial charge on any atom is -0.456 e. The monoisotopic (exact) mass is 460 g/mol. The number of halogens is 1. The lowest BCUT2D eigenvalue weighted by atomic mass is 9.94. The molecule has 2 heterocycles. The van der Waals surface area contributed by atoms with Crippen molar-refractivity contribution in [1.29, 1.82) is 0 Å². The first-order chi connectivity index (χ1) is 13.6. The molecule has 0 radical (unpaired) electrons. The first-order valence-corrected chi connectivity index (χ1v) is 10.3. The van der Waals surface area contributed by atoms with Crippen LogP contribution in [0.2, 0.25) is 0 Å². The van der Waals surface area contributed by atoms with Gasteiger partial charge in [0.1, 0.15) is 5.60 Å². The van der Waals surface area contributed by atoms with Gasteiger partial charge in [0.25, 0.3) is 0 Å². The molecule has 0 unspecified atom stereocenters. The molecular formula is C22H25BrN2O4. The van der Waals surface area contributed by atoms with Crippen molar-refractivity contribution in [1.82, 2.24) is 9.47 Å². The summed E-state index contributed by atoms with van der Waals surface area (Å²) in [6.45, 7) is 10.3. The Labute approximate surface area is 178 Å². The topological polar surface area (TPSA) is 68.6 Å². The summed E-state index contributed by atoms with van der Waals surface area (Å²) in [5.74, 6) is -0.272. The highest BCUT2D eigenvalue weighted by Crippen LogP contribution is 2.28. The molecule has 0 N–H and O–H groups in total. The number of hydrogen-bond acceptors (Lipinski definition) is 4. The molecule has 1 aliphatic rings. The number of benzene rings is 1. The molecule has 154 valence electrons. The third-order valence-electron chi connectivity index (χ3n) is 4.77. The summed E-state index contributed by atoms with van der Waals surface area (Å²) in [6.07, 6.45) is 3.39. The standard InChI is InChI=1S/C22H25BrN2O4/c1-5-20(27)25-10-14(11-25)8-16(26)12-24-13-18(21(28)29-22(2,3)4)17-9-15(23)6-7-19(17)24/h5-7,9,13-14H,1,8,10-12H2,2-4H3. The van der Waals surface area contributed by atoms with Gasteiger partial charge in [-0.05, 0) is 45.0 Å². The average molecular weight is 461 g/mol. The summed E-state index contributed by atoms with van der Waals surface area (Å²) in [5, 5.41) is 0.743. The lowest BCUT2D eigenvalue weighted by Crippen LogP contribution is -2.50. The molecule has 3 rings (SSSR count). The highest BCUT2D eigenvalue weighted by atomic mass is 79.9. The average Bonchev–Trinajstić information content (AvgIpc) is 2.93. The van der Waals surface area contributed by atoms with Gasteiger partial charge in [-0.15, -0.1) is 0 Å². The van der Waals surface area contributed by atoms with Crippen LogP contribution in [0.5, 0.6) is 0 Å². The molecule has 2 aromatic rings. The van der Waals surface area contributed by atoms with Crippen molar-refractivity contribution in [2.45, 2.75) is 39.3 Å². The first-order valence-electron chi connectivity index (χ1n) is 9.52. The van der Waals surface area contributed by atoms with Crippen LogP contribution < -0.4 is 0 Å². The quantitative estimate of drug-likeness (QED) is 0.483. The van der Waals surface area contributed by atoms with Crippen molar-refractivity contribution in [3.8, 4) is 0 Å². The van der Waals surface area contributed by atoms with Crippen molar-refractivity contribution in [3.63, 3.8) is 0 Å². The highest BCUT2D eigenvalue weighted by molar-refractivity contribution is 9.10. The second kappa shape index (κ2) is 8.14. The molecule has 1 saturated heterocycles. The number of nitrogens with zero attached hydrogens (tertiary/aromatic N) is 2. The summed E-state index contributed by atoms with van der Waals surface area (Å²) in [4.78, 5) is 38.5. The molecule has 1 amide bonds. The van der Waals surface area contributed by atoms with Crippen LogP contribution in [0.15, 0.2) is 41.5 Å². The minimum atomic E-state index is -0.605. The smallest absolute Gasteiger partial charge is 0.340 e. The molecule has 1 aromatic heterocycles. The van der Waals surface area contributed by atoms with Crippen LogP contribution in [0.3, 0.4) is 0 Å². The number of amides is 1. The van der Waals surface area contributed by atoms with E-state index in [-0.39, 0.29) is 24.2 Å². The van der Waals surface area contributed by atoms with Crippen molar-refractivity contribution in [2.75, 3.05) is 13.1 Å². The predicted octanol–water partition coefficient (Wildman–Crippen LogP) is 3.96. The zero-order valence-electron chi connectivity index (χ0n) is 16.9. The predicted molar refractivity (Wildman–Crippen MR) is 115 cm³/mol. The maximum absolute atomic E-state index is 12.7. The fourth-order valence-electron chi connectivity index (χ4n) is 3.48. The first kappa shape index (κ1) is 21.3. The van der Waals surface area contributed by atoms with Gasteiger partial charge in [-0.3, -0.25) is 9.59 Å². The third-order valence-corrected chi connectivity index (χ3v) is 5.26. The Morgan fingerprint density at radius 3 is 2.59 bits per heavy atom. The van der Waals surface area contributed by atoms with Crippen molar-refractivity contribution < 1.29 is 19.1 Å². The normalized spacial score (nSPS) is 14.6. The summed E-state index contributed by atoms with van der Waals surface area (Å²) < 4.78 is 8.18. The summed E-state index contributed by atoms with van der Waals surface area (Å²) in [5.41, 5.74) is 0.640. The molecule has 7 heteroatoms. The molecule has 29 heavy (non-hydrogen) atoms. The van der Waals surface area contributed by atoms with Gasteiger partial charge in [-0.2, -0.15) is 0 Å². The second-order valence-corrected chi connectivity index (χ2v) is 9.31. The zero-order valence-corrected chi connectivity index (χ0v) is 18.5. The van der Waals surface area contributed by atoms with Crippen LogP contribution in [0.1, 0.15) is 37.6 Å². The van der Waals surface area contributed by atoms with E-state index in [4.69, 9.17) is 4.74 Å². The van der Waals surface area contributed by atoms with E-state index in [0.29, 0.717) is 25.1 Å². The maximum Gasteiger partial charge on any atom is 0.340 e. The van der Waals surface area contributed by atoms with Crippen LogP contribution >= 0.6 is 15.9 Å². The molecule has 1 fully saturated rings. The summed E-state index contributed by atoms with van der Waals surface area (Å²) >= 11 is 3.44. The molecule has 0 aliphatic carbocycles. The Morgan fingerprint density at radius 1 is 1.28 bits per heavy atom. The van der Waals surface area contributed by atoms with Crippen LogP contribution in [0, 0.1) is 5.92 Å². The molecule has 0 spiro atoms. The maximum atomic E-state index is 12.7. The molecular weight excluding hydrogens is 436 g/mol. The van der Waals surface area contributed by atoms with Crippen LogP contribution in [0.25, 0.3) is 10.9 Å². The van der Waals surface area contributed by atoms with Crippen molar-refractivity contribution >= 4 is 44.5 Å². The van der Waals surface area contributed by atoms with Gasteiger partial charge in [0.15, 0.2) is 5.78 Å². The van der Waals surface area contributed by atoms with E-state index in [9.17, 15) is 14.4 Å². The number of esters is 1. The van der Waals surface area contributed by atoms with E-state index in [2.05, 4.69) is 22.5 Å². The van der Waals surface area contributed by atoms with Crippen LogP contribution in [-0.4, -0.2) is 45.8 Å². The Kier molecular flexibility index (Phi) is 5.98. The van der Waals surface area contributed by atoms with E-state index in [1.54, 1.807) is 15.7 Å². The number of fused-ring (bicyclic) bond motifs is 1. The second-order valence-electron chi connectivity index (χ2n) is 8.39. The van der Waals surface area contributed by atoms with E-state index in [0.717, 1.165) is 15.4 Å². The van der Waals surface area contributed by atoms with Gasteiger partial charge in [-0.1, -0.05) is 22.5 Å². The fraction of sp³-hybridized carbons (Fsp3) is 0.409. The summed E-state index contributed by atoms with van der Waals surface area (Å²) in [6, 6.07) is 5.63. The number of ketones is 1. The van der Waals surface area contributed by atoms with Crippen molar-refractivity contribution in [2.24, 2.45) is 5.92 Å². The lowest BCUT2D eigenvalue weighted by Gasteiger charge is -2.38. The van der Waals surface area contributed by atoms with Gasteiger partial charge in [0, 0.05) is 47.0 Å². The number of hydrogen-bond donors (Lipinski definition) is 0. The van der Waals surface area contributed by atoms with Crippen LogP contribution in [0.4, 0.5) is 0 Å². The molecule has 0 atom stereocenters. The lowest BCUT2D eigenvalue weighted by molar-refractivity contribution is -0.134. The molecule has 1 aliphatic heterocycles. The van der Waals surface area contributed by atoms with Crippen LogP contribution in [-0.2, 0) is 20.9 Å². The van der Waals surface area contributed by atoms with Gasteiger partial charge < -0.3 is 14.2 Å². The van der Waals surface area contributed by atoms with E-state index in [1.807, 2.05) is 39.0 Å². The Balaban J connectivity index is 1.76. The van der Waals surface area contributed by atoms with Gasteiger partial charge >= 0.3 is 5.97 Å². The van der Waals surface area contributed by atoms with Gasteiger partial charge in [-0.25, -0.2) is 4.79 Å². The Bertz CT molecular complexity index is 981. The number of Topliss-reactive ketones (excluding diaryl/α,β-unsaturated/α-hetero) is 1. The summed E-state index contributed by atoms with van der Waals surface area (Å²) in [7, 11) is 0. The molecule has 6 nitrogen and oxygen atoms in total. The number of aromatic nitrogens is 1. The van der Waals surface area contributed by atoms with E-state index >= 15 is 0 Å². The number of ether oxygens (including phenoxy) is 1. The number of carbonyl (C=O) groups is 3. The SMILES string of the molecule is C=CC(=O)N1CC(CC(=O)Cn2cc(C(=O)OC(C)(C)C)c3cc(Br)ccc32)C1. The van der Waals surface area contributed by atoms with Gasteiger partial charge in [0.05, 0.1) is 12.1 Å². The Morgan fingerprint density at radius 2 is 1.97 bits per heavy atom. The van der Waals surface area contributed by atoms with Gasteiger partial charge in [0.2, 0.25) is 5.91 Å². The molecule has 1 aromatic carbocycles. The fourth-order valence-corrected chi connectivity index (χ4v) is 3.84. The van der Waals surface area contributed by atoms with E-state index < -0.39 is 11.6 Å². The highest BCUT2D eigenvalue weighted by Gasteiger charge is 2.31. The number of likely N-dealkylation sites (tertiary alicyclic amines) is 1. The van der Waals surface area contributed by atoms with E-state index in [1.165, 1.54) is 6.08 Å². The zero-order chi connectivity index (χ0) is 21.3. The Hall–Kier alpha value is -2.41. The number of rotatable bonds is 6. The largest absolute Gasteiger partial charge is 0.456 e. The third kappa shape index (κ3) is 4.96. The number of carbonyl (C=O) groups excluding carboxylic acids is 3. The van der Waals surface area contributed by atoms with Crippen molar-refractivity contribution in [3.05, 3.63) is 47.1 Å².